The minimum absolute atomic E-state index is 0. The number of aryl methyl sites for hydroxylation is 1. The van der Waals surface area contributed by atoms with Crippen molar-refractivity contribution in [1.82, 2.24) is 10.2 Å². The number of amides is 1. The van der Waals surface area contributed by atoms with Crippen LogP contribution in [0.1, 0.15) is 34.3 Å². The lowest BCUT2D eigenvalue weighted by Gasteiger charge is -2.32. The number of carbonyl (C=O) groups is 1. The van der Waals surface area contributed by atoms with Crippen molar-refractivity contribution in [3.63, 3.8) is 0 Å². The molecule has 0 bridgehead atoms. The topological polar surface area (TPSA) is 41.6 Å². The molecule has 0 spiro atoms. The fourth-order valence-electron chi connectivity index (χ4n) is 2.66. The summed E-state index contributed by atoms with van der Waals surface area (Å²) in [7, 11) is 0. The van der Waals surface area contributed by atoms with Crippen LogP contribution in [-0.2, 0) is 0 Å². The molecule has 8 heteroatoms. The maximum absolute atomic E-state index is 12.5. The molecule has 1 aliphatic rings. The Morgan fingerprint density at radius 2 is 2.13 bits per heavy atom. The average Bonchev–Trinajstić information content (AvgIpc) is 2.84. The fourth-order valence-corrected chi connectivity index (χ4v) is 3.57. The third-order valence-corrected chi connectivity index (χ3v) is 4.84. The fraction of sp³-hybridized carbons (Fsp3) is 0.667. The van der Waals surface area contributed by atoms with Gasteiger partial charge in [-0.15, -0.1) is 23.7 Å². The van der Waals surface area contributed by atoms with E-state index in [1.54, 1.807) is 11.8 Å². The van der Waals surface area contributed by atoms with Crippen LogP contribution >= 0.6 is 23.7 Å². The van der Waals surface area contributed by atoms with Gasteiger partial charge in [0, 0.05) is 18.0 Å². The van der Waals surface area contributed by atoms with Gasteiger partial charge in [0.15, 0.2) is 0 Å². The van der Waals surface area contributed by atoms with Crippen molar-refractivity contribution in [3.05, 3.63) is 15.8 Å². The average molecular weight is 369 g/mol. The smallest absolute Gasteiger partial charge is 0.387 e. The van der Waals surface area contributed by atoms with Gasteiger partial charge in [-0.2, -0.15) is 8.78 Å². The van der Waals surface area contributed by atoms with E-state index in [0.29, 0.717) is 19.0 Å². The lowest BCUT2D eigenvalue weighted by Crippen LogP contribution is -2.40. The quantitative estimate of drug-likeness (QED) is 0.835. The summed E-state index contributed by atoms with van der Waals surface area (Å²) in [5.74, 6) is 0.374. The molecule has 0 aliphatic carbocycles. The summed E-state index contributed by atoms with van der Waals surface area (Å²) in [5.41, 5.74) is 0. The summed E-state index contributed by atoms with van der Waals surface area (Å²) in [6.07, 6.45) is 1.88. The van der Waals surface area contributed by atoms with E-state index in [-0.39, 0.29) is 28.9 Å². The monoisotopic (exact) mass is 368 g/mol. The Morgan fingerprint density at radius 1 is 1.48 bits per heavy atom. The molecule has 0 atom stereocenters. The van der Waals surface area contributed by atoms with Crippen LogP contribution < -0.4 is 10.1 Å². The van der Waals surface area contributed by atoms with E-state index >= 15 is 0 Å². The number of carbonyl (C=O) groups excluding carboxylic acids is 1. The van der Waals surface area contributed by atoms with Crippen LogP contribution in [0.4, 0.5) is 8.78 Å². The van der Waals surface area contributed by atoms with Crippen molar-refractivity contribution in [3.8, 4) is 5.75 Å². The molecule has 132 valence electrons. The summed E-state index contributed by atoms with van der Waals surface area (Å²) in [5, 5.41) is 3.32. The maximum Gasteiger partial charge on any atom is 0.387 e. The zero-order valence-electron chi connectivity index (χ0n) is 13.3. The molecule has 0 radical (unpaired) electrons. The molecule has 0 aromatic carbocycles. The highest BCUT2D eigenvalue weighted by molar-refractivity contribution is 7.14. The van der Waals surface area contributed by atoms with Crippen molar-refractivity contribution in [2.24, 2.45) is 5.92 Å². The molecule has 0 unspecified atom stereocenters. The van der Waals surface area contributed by atoms with Gasteiger partial charge in [0.05, 0.1) is 0 Å². The van der Waals surface area contributed by atoms with E-state index in [2.05, 4.69) is 17.0 Å². The van der Waals surface area contributed by atoms with Crippen molar-refractivity contribution >= 4 is 29.7 Å². The van der Waals surface area contributed by atoms with Gasteiger partial charge in [0.2, 0.25) is 0 Å². The molecular weight excluding hydrogens is 346 g/mol. The second-order valence-corrected chi connectivity index (χ2v) is 6.73. The summed E-state index contributed by atoms with van der Waals surface area (Å²) >= 11 is 1.21. The molecule has 4 nitrogen and oxygen atoms in total. The van der Waals surface area contributed by atoms with E-state index in [9.17, 15) is 13.6 Å². The number of nitrogens with one attached hydrogen (secondary N) is 1. The van der Waals surface area contributed by atoms with Gasteiger partial charge in [0.25, 0.3) is 5.91 Å². The predicted octanol–water partition coefficient (Wildman–Crippen LogP) is 3.54. The lowest BCUT2D eigenvalue weighted by molar-refractivity contribution is -0.0499. The van der Waals surface area contributed by atoms with E-state index in [4.69, 9.17) is 0 Å². The predicted molar refractivity (Wildman–Crippen MR) is 90.1 cm³/mol. The van der Waals surface area contributed by atoms with Crippen LogP contribution in [0.3, 0.4) is 0 Å². The molecule has 1 saturated heterocycles. The van der Waals surface area contributed by atoms with Gasteiger partial charge in [-0.3, -0.25) is 4.79 Å². The second kappa shape index (κ2) is 9.39. The van der Waals surface area contributed by atoms with Gasteiger partial charge < -0.3 is 15.0 Å². The number of alkyl halides is 2. The largest absolute Gasteiger partial charge is 0.433 e. The number of nitrogens with zero attached hydrogens (tertiary/aromatic N) is 1. The Morgan fingerprint density at radius 3 is 2.70 bits per heavy atom. The number of thiophene rings is 1. The summed E-state index contributed by atoms with van der Waals surface area (Å²) in [6, 6.07) is 1.50. The van der Waals surface area contributed by atoms with Crippen LogP contribution in [0.2, 0.25) is 0 Å². The molecule has 0 saturated carbocycles. The normalized spacial score (nSPS) is 15.6. The van der Waals surface area contributed by atoms with Crippen LogP contribution in [0, 0.1) is 12.8 Å². The standard InChI is InChI=1S/C15H22F2N2O2S.ClH/c1-3-18-9-11-4-6-19(7-5-11)14(20)13-12(21-15(16)17)8-10(2)22-13;/h8,11,15,18H,3-7,9H2,1-2H3;1H. The maximum atomic E-state index is 12.5. The molecule has 1 fully saturated rings. The Balaban J connectivity index is 0.00000264. The Hall–Kier alpha value is -0.920. The number of rotatable bonds is 6. The van der Waals surface area contributed by atoms with Gasteiger partial charge in [-0.05, 0) is 44.8 Å². The molecule has 1 N–H and O–H groups in total. The van der Waals surface area contributed by atoms with Crippen molar-refractivity contribution in [2.75, 3.05) is 26.2 Å². The molecule has 2 rings (SSSR count). The minimum Gasteiger partial charge on any atom is -0.433 e. The van der Waals surface area contributed by atoms with Crippen LogP contribution in [0.5, 0.6) is 5.75 Å². The number of likely N-dealkylation sites (tertiary alicyclic amines) is 1. The van der Waals surface area contributed by atoms with Crippen LogP contribution in [0.15, 0.2) is 6.07 Å². The molecule has 23 heavy (non-hydrogen) atoms. The molecule has 1 amide bonds. The number of ether oxygens (including phenoxy) is 1. The molecule has 1 aliphatic heterocycles. The van der Waals surface area contributed by atoms with E-state index in [0.717, 1.165) is 30.8 Å². The number of halogens is 3. The SMILES string of the molecule is CCNCC1CCN(C(=O)c2sc(C)cc2OC(F)F)CC1.Cl. The van der Waals surface area contributed by atoms with Gasteiger partial charge in [0.1, 0.15) is 10.6 Å². The highest BCUT2D eigenvalue weighted by Gasteiger charge is 2.27. The molecule has 1 aromatic heterocycles. The lowest BCUT2D eigenvalue weighted by atomic mass is 9.96. The minimum atomic E-state index is -2.91. The third kappa shape index (κ3) is 5.58. The number of hydrogen-bond donors (Lipinski definition) is 1. The molecule has 1 aromatic rings. The third-order valence-electron chi connectivity index (χ3n) is 3.82. The zero-order valence-corrected chi connectivity index (χ0v) is 14.9. The highest BCUT2D eigenvalue weighted by Crippen LogP contribution is 2.32. The van der Waals surface area contributed by atoms with E-state index in [1.165, 1.54) is 17.4 Å². The van der Waals surface area contributed by atoms with Gasteiger partial charge in [-0.1, -0.05) is 6.92 Å². The van der Waals surface area contributed by atoms with Crippen LogP contribution in [0.25, 0.3) is 0 Å². The molecular formula is C15H23ClF2N2O2S. The number of hydrogen-bond acceptors (Lipinski definition) is 4. The highest BCUT2D eigenvalue weighted by atomic mass is 35.5. The molecule has 2 heterocycles. The first-order valence-electron chi connectivity index (χ1n) is 7.56. The summed E-state index contributed by atoms with van der Waals surface area (Å²) in [6.45, 7) is 4.19. The Kier molecular flexibility index (Phi) is 8.22. The Bertz CT molecular complexity index is 506. The van der Waals surface area contributed by atoms with Crippen LogP contribution in [-0.4, -0.2) is 43.6 Å². The summed E-state index contributed by atoms with van der Waals surface area (Å²) < 4.78 is 29.3. The first kappa shape index (κ1) is 20.1. The second-order valence-electron chi connectivity index (χ2n) is 5.47. The van der Waals surface area contributed by atoms with Crippen molar-refractivity contribution in [1.29, 1.82) is 0 Å². The number of piperidine rings is 1. The van der Waals surface area contributed by atoms with E-state index < -0.39 is 6.61 Å². The first-order chi connectivity index (χ1) is 10.5. The Labute approximate surface area is 145 Å². The van der Waals surface area contributed by atoms with Crippen molar-refractivity contribution < 1.29 is 18.3 Å². The van der Waals surface area contributed by atoms with Gasteiger partial charge in [-0.25, -0.2) is 0 Å². The first-order valence-corrected chi connectivity index (χ1v) is 8.38. The zero-order chi connectivity index (χ0) is 16.1. The van der Waals surface area contributed by atoms with Gasteiger partial charge >= 0.3 is 6.61 Å². The summed E-state index contributed by atoms with van der Waals surface area (Å²) in [4.78, 5) is 15.3. The van der Waals surface area contributed by atoms with E-state index in [1.807, 2.05) is 0 Å². The van der Waals surface area contributed by atoms with Crippen molar-refractivity contribution in [2.45, 2.75) is 33.3 Å².